The van der Waals surface area contributed by atoms with Crippen LogP contribution < -0.4 is 0 Å². The summed E-state index contributed by atoms with van der Waals surface area (Å²) in [6.45, 7) is 2.19. The summed E-state index contributed by atoms with van der Waals surface area (Å²) in [6.07, 6.45) is 15.6. The van der Waals surface area contributed by atoms with E-state index in [-0.39, 0.29) is 5.60 Å². The fourth-order valence-corrected chi connectivity index (χ4v) is 4.13. The van der Waals surface area contributed by atoms with Crippen molar-refractivity contribution in [3.8, 4) is 0 Å². The van der Waals surface area contributed by atoms with Gasteiger partial charge in [-0.3, -0.25) is 0 Å². The minimum absolute atomic E-state index is 0.331. The van der Waals surface area contributed by atoms with E-state index in [4.69, 9.17) is 0 Å². The van der Waals surface area contributed by atoms with Crippen LogP contribution in [-0.2, 0) is 0 Å². The van der Waals surface area contributed by atoms with E-state index in [1.165, 1.54) is 64.2 Å². The average Bonchev–Trinajstić information content (AvgIpc) is 2.41. The zero-order valence-electron chi connectivity index (χ0n) is 11.6. The van der Waals surface area contributed by atoms with E-state index in [9.17, 15) is 5.11 Å². The molecule has 2 fully saturated rings. The lowest BCUT2D eigenvalue weighted by Crippen LogP contribution is -2.40. The van der Waals surface area contributed by atoms with E-state index in [2.05, 4.69) is 6.92 Å². The second kappa shape index (κ2) is 6.22. The SMILES string of the molecule is CCC(O)(CC1CCCCC1)C1CCCCC1. The van der Waals surface area contributed by atoms with Gasteiger partial charge in [0.25, 0.3) is 0 Å². The van der Waals surface area contributed by atoms with E-state index >= 15 is 0 Å². The molecule has 2 aliphatic rings. The smallest absolute Gasteiger partial charge is 0.0675 e. The van der Waals surface area contributed by atoms with E-state index in [0.29, 0.717) is 5.92 Å². The molecule has 2 rings (SSSR count). The maximum Gasteiger partial charge on any atom is 0.0675 e. The molecule has 1 nitrogen and oxygen atoms in total. The third-order valence-electron chi connectivity index (χ3n) is 5.34. The summed E-state index contributed by atoms with van der Waals surface area (Å²) in [5.41, 5.74) is -0.331. The van der Waals surface area contributed by atoms with Gasteiger partial charge in [0.2, 0.25) is 0 Å². The van der Waals surface area contributed by atoms with Gasteiger partial charge in [0, 0.05) is 0 Å². The number of rotatable bonds is 4. The van der Waals surface area contributed by atoms with Crippen LogP contribution in [-0.4, -0.2) is 10.7 Å². The van der Waals surface area contributed by atoms with Crippen molar-refractivity contribution in [2.24, 2.45) is 11.8 Å². The summed E-state index contributed by atoms with van der Waals surface area (Å²) in [5, 5.41) is 11.0. The molecule has 1 atom stereocenters. The van der Waals surface area contributed by atoms with Crippen molar-refractivity contribution < 1.29 is 5.11 Å². The van der Waals surface area contributed by atoms with E-state index in [0.717, 1.165) is 18.8 Å². The fraction of sp³-hybridized carbons (Fsp3) is 1.00. The third-order valence-corrected chi connectivity index (χ3v) is 5.34. The highest BCUT2D eigenvalue weighted by atomic mass is 16.3. The first-order valence-corrected chi connectivity index (χ1v) is 7.97. The Morgan fingerprint density at radius 2 is 1.41 bits per heavy atom. The van der Waals surface area contributed by atoms with Gasteiger partial charge in [-0.25, -0.2) is 0 Å². The van der Waals surface area contributed by atoms with E-state index in [1.807, 2.05) is 0 Å². The minimum Gasteiger partial charge on any atom is -0.390 e. The molecular weight excluding hydrogens is 208 g/mol. The Morgan fingerprint density at radius 1 is 0.882 bits per heavy atom. The molecule has 0 aromatic rings. The maximum absolute atomic E-state index is 11.0. The molecule has 0 amide bonds. The summed E-state index contributed by atoms with van der Waals surface area (Å²) in [6, 6.07) is 0. The topological polar surface area (TPSA) is 20.2 Å². The summed E-state index contributed by atoms with van der Waals surface area (Å²) in [7, 11) is 0. The van der Waals surface area contributed by atoms with Crippen LogP contribution in [0.25, 0.3) is 0 Å². The van der Waals surface area contributed by atoms with Crippen molar-refractivity contribution in [1.82, 2.24) is 0 Å². The Balaban J connectivity index is 1.91. The zero-order valence-corrected chi connectivity index (χ0v) is 11.6. The van der Waals surface area contributed by atoms with Gasteiger partial charge in [0.15, 0.2) is 0 Å². The van der Waals surface area contributed by atoms with Crippen LogP contribution >= 0.6 is 0 Å². The van der Waals surface area contributed by atoms with E-state index < -0.39 is 0 Å². The quantitative estimate of drug-likeness (QED) is 0.754. The minimum atomic E-state index is -0.331. The molecule has 0 aromatic heterocycles. The predicted molar refractivity (Wildman–Crippen MR) is 73.0 cm³/mol. The fourth-order valence-electron chi connectivity index (χ4n) is 4.13. The molecule has 0 aliphatic heterocycles. The van der Waals surface area contributed by atoms with Crippen LogP contribution in [0.4, 0.5) is 0 Å². The lowest BCUT2D eigenvalue weighted by atomic mass is 9.69. The molecule has 0 aromatic carbocycles. The van der Waals surface area contributed by atoms with Gasteiger partial charge in [-0.05, 0) is 37.5 Å². The Hall–Kier alpha value is -0.0400. The molecule has 0 spiro atoms. The molecule has 1 heteroatoms. The molecule has 2 aliphatic carbocycles. The number of hydrogen-bond donors (Lipinski definition) is 1. The van der Waals surface area contributed by atoms with Crippen molar-refractivity contribution in [2.75, 3.05) is 0 Å². The third kappa shape index (κ3) is 3.47. The first-order chi connectivity index (χ1) is 8.24. The van der Waals surface area contributed by atoms with Gasteiger partial charge in [0.1, 0.15) is 0 Å². The van der Waals surface area contributed by atoms with Crippen molar-refractivity contribution >= 4 is 0 Å². The van der Waals surface area contributed by atoms with Crippen LogP contribution in [0.5, 0.6) is 0 Å². The first-order valence-electron chi connectivity index (χ1n) is 7.97. The highest BCUT2D eigenvalue weighted by molar-refractivity contribution is 4.89. The van der Waals surface area contributed by atoms with Gasteiger partial charge < -0.3 is 5.11 Å². The van der Waals surface area contributed by atoms with Gasteiger partial charge in [-0.1, -0.05) is 58.3 Å². The highest BCUT2D eigenvalue weighted by Crippen LogP contribution is 2.41. The molecule has 1 unspecified atom stereocenters. The van der Waals surface area contributed by atoms with Crippen LogP contribution in [0, 0.1) is 11.8 Å². The largest absolute Gasteiger partial charge is 0.390 e. The number of aliphatic hydroxyl groups is 1. The Bertz CT molecular complexity index is 214. The van der Waals surface area contributed by atoms with Crippen molar-refractivity contribution in [1.29, 1.82) is 0 Å². The lowest BCUT2D eigenvalue weighted by molar-refractivity contribution is -0.0582. The summed E-state index contributed by atoms with van der Waals surface area (Å²) < 4.78 is 0. The molecule has 0 radical (unpaired) electrons. The molecular formula is C16H30O. The summed E-state index contributed by atoms with van der Waals surface area (Å²) >= 11 is 0. The molecule has 100 valence electrons. The molecule has 0 saturated heterocycles. The lowest BCUT2D eigenvalue weighted by Gasteiger charge is -2.41. The second-order valence-corrected chi connectivity index (χ2v) is 6.50. The van der Waals surface area contributed by atoms with Crippen LogP contribution in [0.15, 0.2) is 0 Å². The normalized spacial score (nSPS) is 27.9. The maximum atomic E-state index is 11.0. The Labute approximate surface area is 107 Å². The van der Waals surface area contributed by atoms with Crippen LogP contribution in [0.1, 0.15) is 84.0 Å². The van der Waals surface area contributed by atoms with Gasteiger partial charge in [-0.2, -0.15) is 0 Å². The summed E-state index contributed by atoms with van der Waals surface area (Å²) in [5.74, 6) is 1.42. The Kier molecular flexibility index (Phi) is 4.90. The van der Waals surface area contributed by atoms with Gasteiger partial charge >= 0.3 is 0 Å². The average molecular weight is 238 g/mol. The number of hydrogen-bond acceptors (Lipinski definition) is 1. The predicted octanol–water partition coefficient (Wildman–Crippen LogP) is 4.68. The molecule has 1 N–H and O–H groups in total. The second-order valence-electron chi connectivity index (χ2n) is 6.50. The molecule has 17 heavy (non-hydrogen) atoms. The van der Waals surface area contributed by atoms with Crippen molar-refractivity contribution in [3.63, 3.8) is 0 Å². The van der Waals surface area contributed by atoms with Crippen LogP contribution in [0.2, 0.25) is 0 Å². The van der Waals surface area contributed by atoms with Crippen molar-refractivity contribution in [3.05, 3.63) is 0 Å². The molecule has 2 saturated carbocycles. The Morgan fingerprint density at radius 3 is 1.94 bits per heavy atom. The van der Waals surface area contributed by atoms with Gasteiger partial charge in [-0.15, -0.1) is 0 Å². The standard InChI is InChI=1S/C16H30O/c1-2-16(17,15-11-7-4-8-12-15)13-14-9-5-3-6-10-14/h14-15,17H,2-13H2,1H3. The highest BCUT2D eigenvalue weighted by Gasteiger charge is 2.37. The van der Waals surface area contributed by atoms with Gasteiger partial charge in [0.05, 0.1) is 5.60 Å². The first kappa shape index (κ1) is 13.4. The van der Waals surface area contributed by atoms with E-state index in [1.54, 1.807) is 0 Å². The summed E-state index contributed by atoms with van der Waals surface area (Å²) in [4.78, 5) is 0. The molecule has 0 heterocycles. The monoisotopic (exact) mass is 238 g/mol. The molecule has 0 bridgehead atoms. The zero-order chi connectivity index (χ0) is 12.1. The van der Waals surface area contributed by atoms with Crippen molar-refractivity contribution in [2.45, 2.75) is 89.6 Å². The van der Waals surface area contributed by atoms with Crippen LogP contribution in [0.3, 0.4) is 0 Å².